The first-order valence-electron chi connectivity index (χ1n) is 26.7. The van der Waals surface area contributed by atoms with E-state index in [1.807, 2.05) is 20.2 Å². The molecule has 2 atom stereocenters. The van der Waals surface area contributed by atoms with Gasteiger partial charge in [0, 0.05) is 19.3 Å². The van der Waals surface area contributed by atoms with Crippen molar-refractivity contribution in [1.29, 1.82) is 0 Å². The minimum atomic E-state index is -0.0854. The van der Waals surface area contributed by atoms with Crippen molar-refractivity contribution in [2.75, 3.05) is 27.2 Å². The molecule has 0 heterocycles. The third kappa shape index (κ3) is 45.9. The SMILES string of the molecule is CCCCCCCCCC/C=C\COC(=O)CCCCCCCCC(CCCCCCCCC(=O)OC(CCCCCCC)CCCCCCCC)OC(=O)CCCN(C)C. The highest BCUT2D eigenvalue weighted by atomic mass is 16.5. The highest BCUT2D eigenvalue weighted by Gasteiger charge is 2.16. The normalized spacial score (nSPS) is 12.6. The van der Waals surface area contributed by atoms with Crippen molar-refractivity contribution in [2.45, 2.75) is 290 Å². The summed E-state index contributed by atoms with van der Waals surface area (Å²) >= 11 is 0. The standard InChI is InChI=1S/C54H103NO6/c1-6-9-12-15-17-18-19-20-25-32-39-49-59-52(56)45-37-30-23-21-28-35-43-51(61-54(58)47-40-48-55(4)5)44-36-29-22-24-31-38-46-53(57)60-50(41-33-26-14-11-8-3)42-34-27-16-13-10-7-2/h32,39,50-51H,6-31,33-38,40-49H2,1-5H3/b39-32-. The number of carbonyl (C=O) groups is 3. The fraction of sp³-hybridized carbons (Fsp3) is 0.907. The van der Waals surface area contributed by atoms with Crippen molar-refractivity contribution < 1.29 is 28.6 Å². The van der Waals surface area contributed by atoms with Crippen molar-refractivity contribution >= 4 is 17.9 Å². The number of nitrogens with zero attached hydrogens (tertiary/aromatic N) is 1. The number of hydrogen-bond acceptors (Lipinski definition) is 7. The number of carbonyl (C=O) groups excluding carboxylic acids is 3. The van der Waals surface area contributed by atoms with Gasteiger partial charge in [-0.25, -0.2) is 0 Å². The van der Waals surface area contributed by atoms with Crippen molar-refractivity contribution in [1.82, 2.24) is 4.90 Å². The molecule has 0 rings (SSSR count). The molecule has 0 radical (unpaired) electrons. The molecule has 0 saturated carbocycles. The fourth-order valence-corrected chi connectivity index (χ4v) is 8.17. The number of unbranched alkanes of at least 4 members (excludes halogenated alkanes) is 27. The van der Waals surface area contributed by atoms with Gasteiger partial charge in [0.2, 0.25) is 0 Å². The lowest BCUT2D eigenvalue weighted by Gasteiger charge is -2.19. The van der Waals surface area contributed by atoms with E-state index < -0.39 is 0 Å². The van der Waals surface area contributed by atoms with E-state index in [0.29, 0.717) is 25.9 Å². The van der Waals surface area contributed by atoms with Crippen LogP contribution >= 0.6 is 0 Å². The molecule has 0 aliphatic carbocycles. The summed E-state index contributed by atoms with van der Waals surface area (Å²) in [5.74, 6) is -0.143. The van der Waals surface area contributed by atoms with Crippen LogP contribution in [0, 0.1) is 0 Å². The second-order valence-electron chi connectivity index (χ2n) is 18.6. The second kappa shape index (κ2) is 47.6. The first kappa shape index (κ1) is 59.1. The molecule has 0 N–H and O–H groups in total. The molecule has 0 aliphatic heterocycles. The molecule has 0 spiro atoms. The Balaban J connectivity index is 4.27. The van der Waals surface area contributed by atoms with Crippen LogP contribution in [-0.4, -0.2) is 62.3 Å². The van der Waals surface area contributed by atoms with Gasteiger partial charge in [0.15, 0.2) is 0 Å². The molecule has 0 aromatic carbocycles. The molecule has 0 aromatic rings. The van der Waals surface area contributed by atoms with Gasteiger partial charge in [-0.3, -0.25) is 14.4 Å². The predicted octanol–water partition coefficient (Wildman–Crippen LogP) is 16.1. The molecule has 0 fully saturated rings. The van der Waals surface area contributed by atoms with Crippen LogP contribution in [0.1, 0.15) is 278 Å². The zero-order valence-corrected chi connectivity index (χ0v) is 41.4. The minimum Gasteiger partial charge on any atom is -0.462 e. The zero-order chi connectivity index (χ0) is 44.7. The van der Waals surface area contributed by atoms with Crippen molar-refractivity contribution in [3.63, 3.8) is 0 Å². The van der Waals surface area contributed by atoms with Gasteiger partial charge >= 0.3 is 17.9 Å². The van der Waals surface area contributed by atoms with Crippen LogP contribution in [0.25, 0.3) is 0 Å². The Morgan fingerprint density at radius 1 is 0.393 bits per heavy atom. The Kier molecular flexibility index (Phi) is 46.1. The molecule has 0 aromatic heterocycles. The van der Waals surface area contributed by atoms with E-state index in [4.69, 9.17) is 14.2 Å². The molecule has 0 bridgehead atoms. The van der Waals surface area contributed by atoms with Crippen LogP contribution in [-0.2, 0) is 28.6 Å². The minimum absolute atomic E-state index is 0.00157. The van der Waals surface area contributed by atoms with Gasteiger partial charge in [-0.15, -0.1) is 0 Å². The molecule has 360 valence electrons. The monoisotopic (exact) mass is 862 g/mol. The smallest absolute Gasteiger partial charge is 0.306 e. The topological polar surface area (TPSA) is 82.1 Å². The molecular formula is C54H103NO6. The Bertz CT molecular complexity index is 983. The van der Waals surface area contributed by atoms with Gasteiger partial charge in [0.1, 0.15) is 18.8 Å². The summed E-state index contributed by atoms with van der Waals surface area (Å²) in [4.78, 5) is 39.7. The van der Waals surface area contributed by atoms with Crippen molar-refractivity contribution in [3.8, 4) is 0 Å². The van der Waals surface area contributed by atoms with Gasteiger partial charge < -0.3 is 19.1 Å². The van der Waals surface area contributed by atoms with E-state index in [-0.39, 0.29) is 30.1 Å². The van der Waals surface area contributed by atoms with Crippen LogP contribution < -0.4 is 0 Å². The summed E-state index contributed by atoms with van der Waals surface area (Å²) in [6.07, 6.45) is 49.0. The number of rotatable bonds is 48. The lowest BCUT2D eigenvalue weighted by molar-refractivity contribution is -0.151. The summed E-state index contributed by atoms with van der Waals surface area (Å²) in [5, 5.41) is 0. The van der Waals surface area contributed by atoms with Gasteiger partial charge in [0.05, 0.1) is 0 Å². The number of ether oxygens (including phenoxy) is 3. The largest absolute Gasteiger partial charge is 0.462 e. The van der Waals surface area contributed by atoms with Crippen molar-refractivity contribution in [3.05, 3.63) is 12.2 Å². The fourth-order valence-electron chi connectivity index (χ4n) is 8.17. The molecule has 7 nitrogen and oxygen atoms in total. The number of esters is 3. The molecule has 61 heavy (non-hydrogen) atoms. The van der Waals surface area contributed by atoms with Gasteiger partial charge in [0.25, 0.3) is 0 Å². The lowest BCUT2D eigenvalue weighted by Crippen LogP contribution is -2.20. The molecule has 0 aliphatic rings. The second-order valence-corrected chi connectivity index (χ2v) is 18.6. The molecule has 0 amide bonds. The summed E-state index contributed by atoms with van der Waals surface area (Å²) in [7, 11) is 4.07. The Morgan fingerprint density at radius 2 is 0.721 bits per heavy atom. The van der Waals surface area contributed by atoms with Crippen LogP contribution in [0.2, 0.25) is 0 Å². The maximum atomic E-state index is 12.8. The average Bonchev–Trinajstić information content (AvgIpc) is 3.23. The molecule has 2 unspecified atom stereocenters. The lowest BCUT2D eigenvalue weighted by atomic mass is 10.0. The highest BCUT2D eigenvalue weighted by Crippen LogP contribution is 2.20. The van der Waals surface area contributed by atoms with E-state index >= 15 is 0 Å². The van der Waals surface area contributed by atoms with Gasteiger partial charge in [-0.2, -0.15) is 0 Å². The molecule has 7 heteroatoms. The van der Waals surface area contributed by atoms with E-state index in [0.717, 1.165) is 122 Å². The van der Waals surface area contributed by atoms with Crippen LogP contribution in [0.5, 0.6) is 0 Å². The Hall–Kier alpha value is -1.89. The quantitative estimate of drug-likeness (QED) is 0.0261. The van der Waals surface area contributed by atoms with Crippen LogP contribution in [0.4, 0.5) is 0 Å². The molecule has 0 saturated heterocycles. The van der Waals surface area contributed by atoms with Crippen LogP contribution in [0.3, 0.4) is 0 Å². The highest BCUT2D eigenvalue weighted by molar-refractivity contribution is 5.70. The van der Waals surface area contributed by atoms with E-state index in [1.54, 1.807) is 0 Å². The first-order chi connectivity index (χ1) is 29.8. The van der Waals surface area contributed by atoms with Gasteiger partial charge in [-0.1, -0.05) is 187 Å². The van der Waals surface area contributed by atoms with E-state index in [1.165, 1.54) is 122 Å². The maximum absolute atomic E-state index is 12.8. The summed E-state index contributed by atoms with van der Waals surface area (Å²) in [6, 6.07) is 0. The maximum Gasteiger partial charge on any atom is 0.306 e. The first-order valence-corrected chi connectivity index (χ1v) is 26.7. The summed E-state index contributed by atoms with van der Waals surface area (Å²) < 4.78 is 17.4. The van der Waals surface area contributed by atoms with E-state index in [2.05, 4.69) is 31.7 Å². The predicted molar refractivity (Wildman–Crippen MR) is 260 cm³/mol. The zero-order valence-electron chi connectivity index (χ0n) is 41.4. The number of hydrogen-bond donors (Lipinski definition) is 0. The van der Waals surface area contributed by atoms with E-state index in [9.17, 15) is 14.4 Å². The Morgan fingerprint density at radius 3 is 1.11 bits per heavy atom. The number of allylic oxidation sites excluding steroid dienone is 1. The third-order valence-corrected chi connectivity index (χ3v) is 12.1. The summed E-state index contributed by atoms with van der Waals surface area (Å²) in [6.45, 7) is 8.06. The average molecular weight is 862 g/mol. The summed E-state index contributed by atoms with van der Waals surface area (Å²) in [5.41, 5.74) is 0. The van der Waals surface area contributed by atoms with Gasteiger partial charge in [-0.05, 0) is 104 Å². The molecular weight excluding hydrogens is 759 g/mol. The van der Waals surface area contributed by atoms with Crippen LogP contribution in [0.15, 0.2) is 12.2 Å². The third-order valence-electron chi connectivity index (χ3n) is 12.1. The van der Waals surface area contributed by atoms with Crippen molar-refractivity contribution in [2.24, 2.45) is 0 Å². The Labute approximate surface area is 379 Å².